The molecule has 108 valence electrons. The van der Waals surface area contributed by atoms with E-state index in [4.69, 9.17) is 0 Å². The van der Waals surface area contributed by atoms with Crippen LogP contribution >= 0.6 is 22.9 Å². The highest BCUT2D eigenvalue weighted by atomic mass is 32.1. The molecule has 0 unspecified atom stereocenters. The Labute approximate surface area is 127 Å². The van der Waals surface area contributed by atoms with Crippen molar-refractivity contribution in [2.75, 3.05) is 31.1 Å². The molecule has 1 aliphatic heterocycles. The summed E-state index contributed by atoms with van der Waals surface area (Å²) in [5, 5.41) is 4.39. The van der Waals surface area contributed by atoms with Gasteiger partial charge in [0.05, 0.1) is 10.7 Å². The first-order valence-corrected chi connectivity index (χ1v) is 8.54. The average Bonchev–Trinajstić information content (AvgIpc) is 2.94. The van der Waals surface area contributed by atoms with E-state index < -0.39 is 0 Å². The number of aromatic nitrogens is 3. The minimum absolute atomic E-state index is 0.879. The van der Waals surface area contributed by atoms with Gasteiger partial charge in [-0.2, -0.15) is 4.37 Å². The number of hydrogen-bond acceptors (Lipinski definition) is 7. The maximum Gasteiger partial charge on any atom is 0.205 e. The topological polar surface area (TPSA) is 45.2 Å². The Morgan fingerprint density at radius 3 is 2.75 bits per heavy atom. The maximum atomic E-state index is 4.56. The van der Waals surface area contributed by atoms with Gasteiger partial charge >= 0.3 is 0 Å². The maximum absolute atomic E-state index is 4.56. The summed E-state index contributed by atoms with van der Waals surface area (Å²) in [6.07, 6.45) is 1.17. The molecule has 0 spiro atoms. The predicted molar refractivity (Wildman–Crippen MR) is 83.6 cm³/mol. The Kier molecular flexibility index (Phi) is 4.28. The summed E-state index contributed by atoms with van der Waals surface area (Å²) in [5.74, 6) is 0.879. The molecule has 1 saturated heterocycles. The number of nitrogens with zero attached hydrogens (tertiary/aromatic N) is 5. The second-order valence-electron chi connectivity index (χ2n) is 5.10. The highest BCUT2D eigenvalue weighted by Gasteiger charge is 2.18. The fourth-order valence-corrected chi connectivity index (χ4v) is 3.77. The molecular formula is C13H19N5S2. The Balaban J connectivity index is 1.59. The molecule has 0 aliphatic carbocycles. The molecular weight excluding hydrogens is 290 g/mol. The molecule has 5 nitrogen and oxygen atoms in total. The lowest BCUT2D eigenvalue weighted by Crippen LogP contribution is -2.30. The van der Waals surface area contributed by atoms with Crippen LogP contribution in [0.15, 0.2) is 5.38 Å². The van der Waals surface area contributed by atoms with Crippen LogP contribution in [0.5, 0.6) is 0 Å². The van der Waals surface area contributed by atoms with E-state index in [1.54, 1.807) is 11.3 Å². The van der Waals surface area contributed by atoms with Gasteiger partial charge in [-0.05, 0) is 20.3 Å². The van der Waals surface area contributed by atoms with E-state index in [1.165, 1.54) is 23.6 Å². The molecule has 0 radical (unpaired) electrons. The zero-order valence-corrected chi connectivity index (χ0v) is 13.5. The predicted octanol–water partition coefficient (Wildman–Crippen LogP) is 2.32. The summed E-state index contributed by atoms with van der Waals surface area (Å²) in [4.78, 5) is 13.9. The Morgan fingerprint density at radius 2 is 2.05 bits per heavy atom. The van der Waals surface area contributed by atoms with Crippen molar-refractivity contribution in [1.29, 1.82) is 0 Å². The van der Waals surface area contributed by atoms with Gasteiger partial charge in [-0.15, -0.1) is 11.3 Å². The number of thiazole rings is 1. The summed E-state index contributed by atoms with van der Waals surface area (Å²) in [6, 6.07) is 0. The third-order valence-electron chi connectivity index (χ3n) is 3.43. The summed E-state index contributed by atoms with van der Waals surface area (Å²) in [5.41, 5.74) is 1.20. The Bertz CT molecular complexity index is 565. The van der Waals surface area contributed by atoms with Gasteiger partial charge in [-0.1, -0.05) is 0 Å². The van der Waals surface area contributed by atoms with Crippen LogP contribution < -0.4 is 4.90 Å². The molecule has 1 aliphatic rings. The van der Waals surface area contributed by atoms with Crippen LogP contribution in [0.25, 0.3) is 0 Å². The zero-order valence-electron chi connectivity index (χ0n) is 11.9. The van der Waals surface area contributed by atoms with Crippen LogP contribution in [0.2, 0.25) is 0 Å². The summed E-state index contributed by atoms with van der Waals surface area (Å²) < 4.78 is 4.28. The van der Waals surface area contributed by atoms with Crippen molar-refractivity contribution in [2.45, 2.75) is 26.8 Å². The first-order valence-electron chi connectivity index (χ1n) is 6.89. The SMILES string of the molecule is Cc1nsc(N2CCCN(Cc3csc(C)n3)CC2)n1. The third-order valence-corrected chi connectivity index (χ3v) is 5.12. The molecule has 2 aromatic heterocycles. The van der Waals surface area contributed by atoms with Crippen molar-refractivity contribution in [3.63, 3.8) is 0 Å². The Morgan fingerprint density at radius 1 is 1.15 bits per heavy atom. The summed E-state index contributed by atoms with van der Waals surface area (Å²) in [7, 11) is 0. The normalized spacial score (nSPS) is 17.4. The van der Waals surface area contributed by atoms with Crippen molar-refractivity contribution in [3.05, 3.63) is 21.9 Å². The number of aryl methyl sites for hydroxylation is 2. The molecule has 0 saturated carbocycles. The minimum atomic E-state index is 0.879. The lowest BCUT2D eigenvalue weighted by molar-refractivity contribution is 0.282. The zero-order chi connectivity index (χ0) is 13.9. The fourth-order valence-electron chi connectivity index (χ4n) is 2.44. The molecule has 2 aromatic rings. The van der Waals surface area contributed by atoms with Crippen LogP contribution in [0.3, 0.4) is 0 Å². The molecule has 0 bridgehead atoms. The van der Waals surface area contributed by atoms with Crippen molar-refractivity contribution in [1.82, 2.24) is 19.2 Å². The first kappa shape index (κ1) is 13.9. The molecule has 20 heavy (non-hydrogen) atoms. The van der Waals surface area contributed by atoms with Crippen molar-refractivity contribution >= 4 is 28.0 Å². The van der Waals surface area contributed by atoms with E-state index in [-0.39, 0.29) is 0 Å². The highest BCUT2D eigenvalue weighted by molar-refractivity contribution is 7.09. The smallest absolute Gasteiger partial charge is 0.205 e. The van der Waals surface area contributed by atoms with E-state index in [0.29, 0.717) is 0 Å². The van der Waals surface area contributed by atoms with Gasteiger partial charge in [0.25, 0.3) is 0 Å². The molecule has 1 fully saturated rings. The molecule has 0 amide bonds. The van der Waals surface area contributed by atoms with E-state index in [9.17, 15) is 0 Å². The standard InChI is InChI=1S/C13H19N5S2/c1-10-14-13(20-16-10)18-5-3-4-17(6-7-18)8-12-9-19-11(2)15-12/h9H,3-8H2,1-2H3. The van der Waals surface area contributed by atoms with Gasteiger partial charge in [-0.3, -0.25) is 4.90 Å². The number of anilines is 1. The molecule has 3 rings (SSSR count). The van der Waals surface area contributed by atoms with Crippen molar-refractivity contribution in [3.8, 4) is 0 Å². The van der Waals surface area contributed by atoms with Crippen LogP contribution in [-0.2, 0) is 6.54 Å². The molecule has 0 atom stereocenters. The summed E-state index contributed by atoms with van der Waals surface area (Å²) >= 11 is 3.24. The second-order valence-corrected chi connectivity index (χ2v) is 6.89. The van der Waals surface area contributed by atoms with Gasteiger partial charge in [0, 0.05) is 49.6 Å². The lowest BCUT2D eigenvalue weighted by Gasteiger charge is -2.20. The monoisotopic (exact) mass is 309 g/mol. The largest absolute Gasteiger partial charge is 0.346 e. The van der Waals surface area contributed by atoms with E-state index in [1.807, 2.05) is 6.92 Å². The first-order chi connectivity index (χ1) is 9.70. The van der Waals surface area contributed by atoms with E-state index in [0.717, 1.165) is 48.7 Å². The van der Waals surface area contributed by atoms with Gasteiger partial charge in [0.15, 0.2) is 0 Å². The summed E-state index contributed by atoms with van der Waals surface area (Å²) in [6.45, 7) is 9.27. The van der Waals surface area contributed by atoms with Crippen molar-refractivity contribution in [2.24, 2.45) is 0 Å². The molecule has 7 heteroatoms. The average molecular weight is 309 g/mol. The van der Waals surface area contributed by atoms with Crippen LogP contribution in [-0.4, -0.2) is 45.4 Å². The van der Waals surface area contributed by atoms with Crippen LogP contribution in [0.1, 0.15) is 22.9 Å². The number of hydrogen-bond donors (Lipinski definition) is 0. The third kappa shape index (κ3) is 3.34. The van der Waals surface area contributed by atoms with Gasteiger partial charge in [-0.25, -0.2) is 9.97 Å². The Hall–Kier alpha value is -1.05. The van der Waals surface area contributed by atoms with Gasteiger partial charge in [0.1, 0.15) is 5.82 Å². The van der Waals surface area contributed by atoms with Crippen LogP contribution in [0.4, 0.5) is 5.13 Å². The van der Waals surface area contributed by atoms with Crippen LogP contribution in [0, 0.1) is 13.8 Å². The molecule has 0 N–H and O–H groups in total. The quantitative estimate of drug-likeness (QED) is 0.871. The van der Waals surface area contributed by atoms with Crippen molar-refractivity contribution < 1.29 is 0 Å². The van der Waals surface area contributed by atoms with Gasteiger partial charge in [0.2, 0.25) is 5.13 Å². The minimum Gasteiger partial charge on any atom is -0.346 e. The highest BCUT2D eigenvalue weighted by Crippen LogP contribution is 2.19. The molecule has 0 aromatic carbocycles. The second kappa shape index (κ2) is 6.15. The van der Waals surface area contributed by atoms with Gasteiger partial charge < -0.3 is 4.90 Å². The number of rotatable bonds is 3. The van der Waals surface area contributed by atoms with E-state index >= 15 is 0 Å². The van der Waals surface area contributed by atoms with E-state index in [2.05, 4.69) is 36.4 Å². The lowest BCUT2D eigenvalue weighted by atomic mass is 10.3. The fraction of sp³-hybridized carbons (Fsp3) is 0.615. The molecule has 3 heterocycles.